The van der Waals surface area contributed by atoms with Gasteiger partial charge in [-0.15, -0.1) is 11.6 Å². The highest BCUT2D eigenvalue weighted by Gasteiger charge is 2.45. The van der Waals surface area contributed by atoms with Crippen LogP contribution in [0.4, 0.5) is 25.0 Å². The molecule has 164 valence electrons. The predicted octanol–water partition coefficient (Wildman–Crippen LogP) is 5.18. The summed E-state index contributed by atoms with van der Waals surface area (Å²) in [7, 11) is 1.22. The molecule has 1 fully saturated rings. The summed E-state index contributed by atoms with van der Waals surface area (Å²) in [5.74, 6) is -2.48. The Morgan fingerprint density at radius 1 is 1.03 bits per heavy atom. The van der Waals surface area contributed by atoms with E-state index < -0.39 is 44.7 Å². The van der Waals surface area contributed by atoms with Crippen molar-refractivity contribution in [3.8, 4) is 0 Å². The van der Waals surface area contributed by atoms with Gasteiger partial charge in [-0.3, -0.25) is 9.69 Å². The number of carbonyl (C=O) groups excluding carboxylic acids is 2. The summed E-state index contributed by atoms with van der Waals surface area (Å²) in [6.45, 7) is 0. The highest BCUT2D eigenvalue weighted by molar-refractivity contribution is 6.70. The SMILES string of the molecule is CN1C(=O)C(=NC(Nc2ccc(F)cc2)C(Cl)C(Cl)(Cl)Cl)N(c2ccccc2F)C1=O. The molecule has 0 aromatic heterocycles. The summed E-state index contributed by atoms with van der Waals surface area (Å²) in [6, 6.07) is 9.65. The highest BCUT2D eigenvalue weighted by Crippen LogP contribution is 2.37. The Labute approximate surface area is 196 Å². The van der Waals surface area contributed by atoms with E-state index in [-0.39, 0.29) is 5.69 Å². The largest absolute Gasteiger partial charge is 0.362 e. The first kappa shape index (κ1) is 23.5. The molecule has 1 heterocycles. The lowest BCUT2D eigenvalue weighted by molar-refractivity contribution is -0.119. The van der Waals surface area contributed by atoms with Gasteiger partial charge in [-0.1, -0.05) is 46.9 Å². The fourth-order valence-corrected chi connectivity index (χ4v) is 3.21. The third-order valence-electron chi connectivity index (χ3n) is 4.29. The zero-order chi connectivity index (χ0) is 22.9. The van der Waals surface area contributed by atoms with Gasteiger partial charge in [-0.2, -0.15) is 0 Å². The van der Waals surface area contributed by atoms with E-state index in [0.29, 0.717) is 5.69 Å². The maximum absolute atomic E-state index is 14.4. The van der Waals surface area contributed by atoms with Gasteiger partial charge >= 0.3 is 6.03 Å². The van der Waals surface area contributed by atoms with Gasteiger partial charge in [0.25, 0.3) is 5.91 Å². The number of amidine groups is 1. The summed E-state index contributed by atoms with van der Waals surface area (Å²) in [4.78, 5) is 31.1. The maximum atomic E-state index is 14.4. The third-order valence-corrected chi connectivity index (χ3v) is 5.90. The fourth-order valence-electron chi connectivity index (χ4n) is 2.73. The number of benzene rings is 2. The van der Waals surface area contributed by atoms with Crippen molar-refractivity contribution >= 4 is 75.6 Å². The first-order chi connectivity index (χ1) is 14.5. The molecular formula is C19H14Cl4F2N4O2. The second kappa shape index (κ2) is 9.16. The van der Waals surface area contributed by atoms with Gasteiger partial charge in [0.15, 0.2) is 0 Å². The monoisotopic (exact) mass is 508 g/mol. The van der Waals surface area contributed by atoms with Crippen LogP contribution >= 0.6 is 46.4 Å². The van der Waals surface area contributed by atoms with E-state index in [0.717, 1.165) is 15.9 Å². The van der Waals surface area contributed by atoms with E-state index in [1.54, 1.807) is 0 Å². The van der Waals surface area contributed by atoms with Crippen molar-refractivity contribution < 1.29 is 18.4 Å². The van der Waals surface area contributed by atoms with Crippen molar-refractivity contribution in [2.75, 3.05) is 17.3 Å². The molecule has 2 atom stereocenters. The Bertz CT molecular complexity index is 1030. The van der Waals surface area contributed by atoms with Crippen LogP contribution in [0.15, 0.2) is 53.5 Å². The predicted molar refractivity (Wildman–Crippen MR) is 118 cm³/mol. The molecule has 12 heteroatoms. The Balaban J connectivity index is 2.09. The number of alkyl halides is 4. The normalized spacial score (nSPS) is 18.0. The second-order valence-electron chi connectivity index (χ2n) is 6.43. The molecule has 0 aliphatic carbocycles. The Hall–Kier alpha value is -2.13. The summed E-state index contributed by atoms with van der Waals surface area (Å²) in [5.41, 5.74) is 0.155. The Morgan fingerprint density at radius 2 is 1.65 bits per heavy atom. The van der Waals surface area contributed by atoms with Gasteiger partial charge in [0.2, 0.25) is 9.63 Å². The van der Waals surface area contributed by atoms with E-state index in [9.17, 15) is 18.4 Å². The molecule has 1 aliphatic heterocycles. The van der Waals surface area contributed by atoms with Crippen LogP contribution in [0.3, 0.4) is 0 Å². The van der Waals surface area contributed by atoms with Crippen LogP contribution in [-0.2, 0) is 4.79 Å². The van der Waals surface area contributed by atoms with Crippen molar-refractivity contribution in [3.63, 3.8) is 0 Å². The molecule has 2 aromatic rings. The van der Waals surface area contributed by atoms with E-state index in [1.165, 1.54) is 49.5 Å². The Morgan fingerprint density at radius 3 is 2.23 bits per heavy atom. The second-order valence-corrected chi connectivity index (χ2v) is 9.26. The van der Waals surface area contributed by atoms with Crippen molar-refractivity contribution in [2.24, 2.45) is 4.99 Å². The molecule has 31 heavy (non-hydrogen) atoms. The molecule has 2 aromatic carbocycles. The van der Waals surface area contributed by atoms with Gasteiger partial charge < -0.3 is 5.32 Å². The van der Waals surface area contributed by atoms with Gasteiger partial charge in [0, 0.05) is 12.7 Å². The number of para-hydroxylation sites is 1. The van der Waals surface area contributed by atoms with Gasteiger partial charge in [0.1, 0.15) is 23.2 Å². The highest BCUT2D eigenvalue weighted by atomic mass is 35.6. The van der Waals surface area contributed by atoms with Crippen LogP contribution in [0, 0.1) is 11.6 Å². The van der Waals surface area contributed by atoms with E-state index >= 15 is 0 Å². The lowest BCUT2D eigenvalue weighted by Crippen LogP contribution is -2.40. The van der Waals surface area contributed by atoms with Gasteiger partial charge in [0.05, 0.1) is 5.69 Å². The summed E-state index contributed by atoms with van der Waals surface area (Å²) in [6.07, 6.45) is -1.27. The summed E-state index contributed by atoms with van der Waals surface area (Å²) in [5, 5.41) is 1.49. The van der Waals surface area contributed by atoms with Crippen LogP contribution in [-0.4, -0.2) is 45.1 Å². The zero-order valence-corrected chi connectivity index (χ0v) is 18.7. The number of nitrogens with zero attached hydrogens (tertiary/aromatic N) is 3. The van der Waals surface area contributed by atoms with Crippen molar-refractivity contribution in [1.82, 2.24) is 4.90 Å². The molecule has 0 bridgehead atoms. The average Bonchev–Trinajstić information content (AvgIpc) is 2.92. The number of aliphatic imine (C=N–C) groups is 1. The molecule has 3 rings (SSSR count). The lowest BCUT2D eigenvalue weighted by atomic mass is 10.2. The van der Waals surface area contributed by atoms with Crippen molar-refractivity contribution in [3.05, 3.63) is 60.2 Å². The number of nitrogens with one attached hydrogen (secondary N) is 1. The standard InChI is InChI=1S/C19H14Cl4F2N4O2/c1-28-17(30)16(29(18(28)31)13-5-3-2-4-12(13)25)27-15(14(20)19(21,22)23)26-11-8-6-10(24)7-9-11/h2-9,14-15,26H,1H3. The minimum atomic E-state index is -2.04. The number of urea groups is 1. The van der Waals surface area contributed by atoms with Crippen LogP contribution in [0.2, 0.25) is 0 Å². The molecule has 1 aliphatic rings. The number of hydrogen-bond donors (Lipinski definition) is 1. The molecule has 0 radical (unpaired) electrons. The molecule has 3 amide bonds. The van der Waals surface area contributed by atoms with Gasteiger partial charge in [-0.25, -0.2) is 23.5 Å². The van der Waals surface area contributed by atoms with Crippen molar-refractivity contribution in [2.45, 2.75) is 15.3 Å². The quantitative estimate of drug-likeness (QED) is 0.446. The number of likely N-dealkylation sites (N-methyl/N-ethyl adjacent to an activating group) is 1. The number of halogens is 6. The van der Waals surface area contributed by atoms with Crippen LogP contribution in [0.5, 0.6) is 0 Å². The lowest BCUT2D eigenvalue weighted by Gasteiger charge is -2.27. The molecule has 1 N–H and O–H groups in total. The Kier molecular flexibility index (Phi) is 6.95. The number of anilines is 2. The fraction of sp³-hybridized carbons (Fsp3) is 0.211. The zero-order valence-electron chi connectivity index (χ0n) is 15.7. The third kappa shape index (κ3) is 5.03. The van der Waals surface area contributed by atoms with Crippen LogP contribution < -0.4 is 10.2 Å². The topological polar surface area (TPSA) is 65.0 Å². The van der Waals surface area contributed by atoms with Crippen molar-refractivity contribution in [1.29, 1.82) is 0 Å². The van der Waals surface area contributed by atoms with E-state index in [4.69, 9.17) is 46.4 Å². The first-order valence-electron chi connectivity index (χ1n) is 8.68. The molecular weight excluding hydrogens is 496 g/mol. The van der Waals surface area contributed by atoms with E-state index in [2.05, 4.69) is 10.3 Å². The number of imide groups is 1. The minimum Gasteiger partial charge on any atom is -0.362 e. The number of carbonyl (C=O) groups is 2. The van der Waals surface area contributed by atoms with E-state index in [1.807, 2.05) is 0 Å². The number of hydrogen-bond acceptors (Lipinski definition) is 4. The maximum Gasteiger partial charge on any atom is 0.337 e. The summed E-state index contributed by atoms with van der Waals surface area (Å²) >= 11 is 24.1. The van der Waals surface area contributed by atoms with Gasteiger partial charge in [-0.05, 0) is 36.4 Å². The smallest absolute Gasteiger partial charge is 0.337 e. The molecule has 2 unspecified atom stereocenters. The van der Waals surface area contributed by atoms with Crippen LogP contribution in [0.25, 0.3) is 0 Å². The number of amides is 3. The van der Waals surface area contributed by atoms with Crippen LogP contribution in [0.1, 0.15) is 0 Å². The number of rotatable bonds is 5. The summed E-state index contributed by atoms with van der Waals surface area (Å²) < 4.78 is 25.6. The molecule has 1 saturated heterocycles. The molecule has 0 spiro atoms. The average molecular weight is 510 g/mol. The minimum absolute atomic E-state index is 0.190. The molecule has 0 saturated carbocycles. The first-order valence-corrected chi connectivity index (χ1v) is 10.2. The molecule has 6 nitrogen and oxygen atoms in total.